The van der Waals surface area contributed by atoms with Gasteiger partial charge >= 0.3 is 10.2 Å². The molecule has 1 fully saturated rings. The summed E-state index contributed by atoms with van der Waals surface area (Å²) in [6.07, 6.45) is 5.95. The molecule has 9 nitrogen and oxygen atoms in total. The Labute approximate surface area is 256 Å². The molecule has 1 atom stereocenters. The minimum absolute atomic E-state index is 0.101. The number of fused-ring (bicyclic) bond motifs is 4. The third-order valence-electron chi connectivity index (χ3n) is 9.77. The Morgan fingerprint density at radius 3 is 2.47 bits per heavy atom. The Hall–Kier alpha value is -2.92. The van der Waals surface area contributed by atoms with Gasteiger partial charge in [-0.3, -0.25) is 14.6 Å². The fourth-order valence-corrected chi connectivity index (χ4v) is 7.88. The molecule has 3 heterocycles. The van der Waals surface area contributed by atoms with E-state index in [9.17, 15) is 13.2 Å². The van der Waals surface area contributed by atoms with Crippen LogP contribution in [0.3, 0.4) is 0 Å². The van der Waals surface area contributed by atoms with Crippen molar-refractivity contribution in [2.75, 3.05) is 46.9 Å². The first kappa shape index (κ1) is 30.1. The number of aromatic nitrogens is 1. The van der Waals surface area contributed by atoms with Crippen LogP contribution >= 0.6 is 0 Å². The summed E-state index contributed by atoms with van der Waals surface area (Å²) in [6, 6.07) is 14.4. The Kier molecular flexibility index (Phi) is 8.56. The van der Waals surface area contributed by atoms with Gasteiger partial charge in [0.25, 0.3) is 5.91 Å². The van der Waals surface area contributed by atoms with E-state index < -0.39 is 16.1 Å². The fraction of sp³-hybridized carbons (Fsp3) is 0.545. The number of hydrogen-bond acceptors (Lipinski definition) is 6. The SMILES string of the molecule is CC(C)N1CCN(C)C2COc3ccccc3-c3c(C4CCCCC4)c4ccc(cc4n3C2)C(=O)NS(=O)(=O)N(C)CC1. The molecular weight excluding hydrogens is 562 g/mol. The Morgan fingerprint density at radius 2 is 1.70 bits per heavy atom. The van der Waals surface area contributed by atoms with Gasteiger partial charge in [-0.15, -0.1) is 0 Å². The van der Waals surface area contributed by atoms with Crippen LogP contribution in [0.2, 0.25) is 0 Å². The average molecular weight is 608 g/mol. The fourth-order valence-electron chi connectivity index (χ4n) is 7.05. The van der Waals surface area contributed by atoms with E-state index in [2.05, 4.69) is 58.2 Å². The highest BCUT2D eigenvalue weighted by molar-refractivity contribution is 7.87. The molecule has 1 aromatic heterocycles. The van der Waals surface area contributed by atoms with Gasteiger partial charge in [-0.05, 0) is 69.5 Å². The molecule has 43 heavy (non-hydrogen) atoms. The number of amides is 1. The molecule has 4 bridgehead atoms. The van der Waals surface area contributed by atoms with Crippen molar-refractivity contribution in [1.29, 1.82) is 0 Å². The molecule has 0 saturated heterocycles. The highest BCUT2D eigenvalue weighted by Crippen LogP contribution is 2.47. The van der Waals surface area contributed by atoms with Crippen molar-refractivity contribution >= 4 is 27.0 Å². The molecule has 1 N–H and O–H groups in total. The van der Waals surface area contributed by atoms with Gasteiger partial charge < -0.3 is 9.30 Å². The number of carbonyl (C=O) groups excluding carboxylic acids is 1. The van der Waals surface area contributed by atoms with E-state index >= 15 is 0 Å². The predicted molar refractivity (Wildman–Crippen MR) is 171 cm³/mol. The lowest BCUT2D eigenvalue weighted by Gasteiger charge is -2.35. The number of rotatable bonds is 2. The van der Waals surface area contributed by atoms with E-state index in [0.29, 0.717) is 31.2 Å². The summed E-state index contributed by atoms with van der Waals surface area (Å²) in [4.78, 5) is 18.1. The first-order valence-corrected chi connectivity index (χ1v) is 17.2. The van der Waals surface area contributed by atoms with Crippen LogP contribution in [0.15, 0.2) is 42.5 Å². The second kappa shape index (κ2) is 12.2. The second-order valence-corrected chi connectivity index (χ2v) is 14.5. The van der Waals surface area contributed by atoms with Crippen molar-refractivity contribution in [2.24, 2.45) is 0 Å². The van der Waals surface area contributed by atoms with Gasteiger partial charge in [-0.1, -0.05) is 37.5 Å². The van der Waals surface area contributed by atoms with Gasteiger partial charge in [0.2, 0.25) is 0 Å². The summed E-state index contributed by atoms with van der Waals surface area (Å²) in [5, 5.41) is 1.14. The molecule has 3 aliphatic rings. The van der Waals surface area contributed by atoms with Crippen LogP contribution in [0.1, 0.15) is 67.8 Å². The number of nitrogens with one attached hydrogen (secondary N) is 1. The maximum Gasteiger partial charge on any atom is 0.303 e. The first-order chi connectivity index (χ1) is 20.6. The number of likely N-dealkylation sites (N-methyl/N-ethyl adjacent to an activating group) is 2. The van der Waals surface area contributed by atoms with Gasteiger partial charge in [-0.2, -0.15) is 12.7 Å². The summed E-state index contributed by atoms with van der Waals surface area (Å²) in [5.41, 5.74) is 4.89. The quantitative estimate of drug-likeness (QED) is 0.456. The van der Waals surface area contributed by atoms with Crippen LogP contribution in [0.25, 0.3) is 22.2 Å². The lowest BCUT2D eigenvalue weighted by atomic mass is 9.81. The molecule has 0 spiro atoms. The normalized spacial score (nSPS) is 23.2. The number of nitrogens with zero attached hydrogens (tertiary/aromatic N) is 4. The van der Waals surface area contributed by atoms with E-state index in [1.807, 2.05) is 18.2 Å². The van der Waals surface area contributed by atoms with E-state index in [-0.39, 0.29) is 18.6 Å². The summed E-state index contributed by atoms with van der Waals surface area (Å²) in [7, 11) is -0.321. The second-order valence-electron chi connectivity index (χ2n) is 12.8. The van der Waals surface area contributed by atoms with Gasteiger partial charge in [0, 0.05) is 67.8 Å². The molecule has 1 unspecified atom stereocenters. The molecule has 232 valence electrons. The van der Waals surface area contributed by atoms with Gasteiger partial charge in [-0.25, -0.2) is 4.72 Å². The molecule has 1 aliphatic carbocycles. The number of ether oxygens (including phenoxy) is 1. The Morgan fingerprint density at radius 1 is 0.953 bits per heavy atom. The van der Waals surface area contributed by atoms with E-state index in [1.165, 1.54) is 41.9 Å². The third-order valence-corrected chi connectivity index (χ3v) is 11.2. The zero-order valence-corrected chi connectivity index (χ0v) is 26.7. The number of hydrogen-bond donors (Lipinski definition) is 1. The maximum atomic E-state index is 13.5. The Balaban J connectivity index is 1.56. The zero-order chi connectivity index (χ0) is 30.3. The average Bonchev–Trinajstić information content (AvgIpc) is 3.29. The first-order valence-electron chi connectivity index (χ1n) is 15.7. The van der Waals surface area contributed by atoms with Crippen LogP contribution in [0.4, 0.5) is 0 Å². The van der Waals surface area contributed by atoms with Gasteiger partial charge in [0.15, 0.2) is 0 Å². The largest absolute Gasteiger partial charge is 0.491 e. The zero-order valence-electron chi connectivity index (χ0n) is 25.9. The van der Waals surface area contributed by atoms with Gasteiger partial charge in [0.05, 0.1) is 11.7 Å². The molecule has 6 rings (SSSR count). The maximum absolute atomic E-state index is 13.5. The summed E-state index contributed by atoms with van der Waals surface area (Å²) >= 11 is 0. The summed E-state index contributed by atoms with van der Waals surface area (Å²) in [5.74, 6) is 0.685. The standard InChI is InChI=1S/C33H45N5O4S/c1-23(2)37-18-16-35(3)26-21-38-29-20-25(33(39)34-43(40,41)36(4)17-19-37)14-15-27(29)31(24-10-6-5-7-11-24)32(38)28-12-8-9-13-30(28)42-22-26/h8-9,12-15,20,23-24,26H,5-7,10-11,16-19,21-22H2,1-4H3,(H,34,39). The van der Waals surface area contributed by atoms with Crippen LogP contribution in [-0.4, -0.2) is 92.0 Å². The predicted octanol–water partition coefficient (Wildman–Crippen LogP) is 4.68. The van der Waals surface area contributed by atoms with Crippen LogP contribution < -0.4 is 9.46 Å². The topological polar surface area (TPSA) is 87.1 Å². The molecular formula is C33H45N5O4S. The Bertz CT molecular complexity index is 1590. The molecule has 3 aromatic rings. The number of carbonyl (C=O) groups is 1. The number of benzene rings is 2. The monoisotopic (exact) mass is 607 g/mol. The molecule has 10 heteroatoms. The van der Waals surface area contributed by atoms with Crippen molar-refractivity contribution in [1.82, 2.24) is 23.4 Å². The minimum Gasteiger partial charge on any atom is -0.491 e. The third kappa shape index (κ3) is 5.94. The van der Waals surface area contributed by atoms with E-state index in [0.717, 1.165) is 48.1 Å². The van der Waals surface area contributed by atoms with E-state index in [1.54, 1.807) is 6.07 Å². The molecule has 1 saturated carbocycles. The summed E-state index contributed by atoms with van der Waals surface area (Å²) in [6.45, 7) is 7.97. The highest BCUT2D eigenvalue weighted by Gasteiger charge is 2.32. The molecule has 1 amide bonds. The highest BCUT2D eigenvalue weighted by atomic mass is 32.2. The van der Waals surface area contributed by atoms with Crippen molar-refractivity contribution < 1.29 is 17.9 Å². The van der Waals surface area contributed by atoms with E-state index in [4.69, 9.17) is 4.74 Å². The van der Waals surface area contributed by atoms with Crippen LogP contribution in [-0.2, 0) is 16.8 Å². The summed E-state index contributed by atoms with van der Waals surface area (Å²) < 4.78 is 38.9. The lowest BCUT2D eigenvalue weighted by molar-refractivity contribution is 0.0978. The molecule has 2 aromatic carbocycles. The van der Waals surface area contributed by atoms with Gasteiger partial charge in [0.1, 0.15) is 12.4 Å². The molecule has 2 aliphatic heterocycles. The van der Waals surface area contributed by atoms with Crippen LogP contribution in [0.5, 0.6) is 5.75 Å². The van der Waals surface area contributed by atoms with Crippen molar-refractivity contribution in [3.63, 3.8) is 0 Å². The van der Waals surface area contributed by atoms with Crippen molar-refractivity contribution in [2.45, 2.75) is 70.5 Å². The van der Waals surface area contributed by atoms with Crippen molar-refractivity contribution in [3.8, 4) is 17.0 Å². The smallest absolute Gasteiger partial charge is 0.303 e. The lowest BCUT2D eigenvalue weighted by Crippen LogP contribution is -2.48. The molecule has 0 radical (unpaired) electrons. The van der Waals surface area contributed by atoms with Crippen LogP contribution in [0, 0.1) is 0 Å². The minimum atomic E-state index is -4.00. The van der Waals surface area contributed by atoms with Crippen molar-refractivity contribution in [3.05, 3.63) is 53.6 Å². The number of para-hydroxylation sites is 1.